The van der Waals surface area contributed by atoms with Gasteiger partial charge >= 0.3 is 0 Å². The molecular formula is C27H21ClN8O2. The largest absolute Gasteiger partial charge is 0.340 e. The van der Waals surface area contributed by atoms with Crippen molar-refractivity contribution in [3.63, 3.8) is 0 Å². The van der Waals surface area contributed by atoms with E-state index in [0.29, 0.717) is 23.7 Å². The predicted molar refractivity (Wildman–Crippen MR) is 141 cm³/mol. The molecule has 5 aromatic rings. The van der Waals surface area contributed by atoms with Crippen LogP contribution < -0.4 is 10.9 Å². The second-order valence-electron chi connectivity index (χ2n) is 9.48. The van der Waals surface area contributed by atoms with E-state index in [1.807, 2.05) is 36.4 Å². The zero-order chi connectivity index (χ0) is 25.8. The van der Waals surface area contributed by atoms with E-state index in [9.17, 15) is 9.59 Å². The summed E-state index contributed by atoms with van der Waals surface area (Å²) in [6.45, 7) is 0. The second kappa shape index (κ2) is 8.77. The SMILES string of the molecule is O=C1CCc2cccc(-c3cnc([C@@H]4CCc5cc(-c6cc(Cl)ccc6-n6cnnn6)cc(=O)n54)[nH]3)c2N1. The minimum atomic E-state index is -0.215. The molecule has 10 nitrogen and oxygen atoms in total. The zero-order valence-corrected chi connectivity index (χ0v) is 20.8. The lowest BCUT2D eigenvalue weighted by atomic mass is 9.98. The van der Waals surface area contributed by atoms with Crippen LogP contribution in [0.1, 0.15) is 36.0 Å². The molecule has 0 unspecified atom stereocenters. The fourth-order valence-electron chi connectivity index (χ4n) is 5.49. The zero-order valence-electron chi connectivity index (χ0n) is 20.1. The minimum absolute atomic E-state index is 0.0136. The maximum atomic E-state index is 13.5. The molecule has 38 heavy (non-hydrogen) atoms. The number of amides is 1. The van der Waals surface area contributed by atoms with Crippen LogP contribution >= 0.6 is 11.6 Å². The Morgan fingerprint density at radius 1 is 1.00 bits per heavy atom. The lowest BCUT2D eigenvalue weighted by Gasteiger charge is -2.19. The molecule has 0 saturated carbocycles. The number of anilines is 1. The van der Waals surface area contributed by atoms with Gasteiger partial charge < -0.3 is 14.9 Å². The van der Waals surface area contributed by atoms with Gasteiger partial charge in [0.2, 0.25) is 5.91 Å². The third-order valence-corrected chi connectivity index (χ3v) is 7.47. The number of imidazole rings is 1. The molecule has 11 heteroatoms. The van der Waals surface area contributed by atoms with Crippen LogP contribution in [0.3, 0.4) is 0 Å². The number of fused-ring (bicyclic) bond motifs is 2. The average Bonchev–Trinajstić information content (AvgIpc) is 3.69. The number of carbonyl (C=O) groups excluding carboxylic acids is 1. The average molecular weight is 525 g/mol. The van der Waals surface area contributed by atoms with E-state index in [0.717, 1.165) is 57.9 Å². The van der Waals surface area contributed by atoms with E-state index < -0.39 is 0 Å². The van der Waals surface area contributed by atoms with Crippen LogP contribution in [0.2, 0.25) is 5.02 Å². The Morgan fingerprint density at radius 3 is 2.79 bits per heavy atom. The van der Waals surface area contributed by atoms with Gasteiger partial charge in [-0.15, -0.1) is 5.10 Å². The van der Waals surface area contributed by atoms with Crippen LogP contribution in [0.5, 0.6) is 0 Å². The van der Waals surface area contributed by atoms with E-state index in [1.54, 1.807) is 27.6 Å². The van der Waals surface area contributed by atoms with Crippen molar-refractivity contribution >= 4 is 23.2 Å². The fourth-order valence-corrected chi connectivity index (χ4v) is 5.67. The standard InChI is InChI=1S/C27H21ClN8O2/c28-17-5-7-22(35-14-30-33-34-35)20(12-17)16-10-18-6-8-23(36(18)25(38)11-16)27-29-13-21(31-27)19-3-1-2-15-4-9-24(37)32-26(15)19/h1-3,5,7,10-14,23H,4,6,8-9H2,(H,29,31)(H,32,37)/t23-/m0/s1. The molecule has 0 fully saturated rings. The van der Waals surface area contributed by atoms with Crippen molar-refractivity contribution < 1.29 is 4.79 Å². The highest BCUT2D eigenvalue weighted by atomic mass is 35.5. The van der Waals surface area contributed by atoms with Gasteiger partial charge in [-0.25, -0.2) is 4.98 Å². The predicted octanol–water partition coefficient (Wildman–Crippen LogP) is 3.95. The van der Waals surface area contributed by atoms with Gasteiger partial charge in [0.15, 0.2) is 0 Å². The number of hydrogen-bond acceptors (Lipinski definition) is 6. The van der Waals surface area contributed by atoms with Crippen molar-refractivity contribution in [1.29, 1.82) is 0 Å². The number of H-pyrrole nitrogens is 1. The number of para-hydroxylation sites is 1. The molecule has 0 spiro atoms. The molecule has 0 bridgehead atoms. The number of aromatic amines is 1. The normalized spacial score (nSPS) is 16.2. The Labute approximate surface area is 221 Å². The molecule has 3 aromatic heterocycles. The van der Waals surface area contributed by atoms with E-state index in [4.69, 9.17) is 11.6 Å². The molecule has 1 atom stereocenters. The topological polar surface area (TPSA) is 123 Å². The highest BCUT2D eigenvalue weighted by Gasteiger charge is 2.29. The number of pyridine rings is 1. The molecule has 2 aromatic carbocycles. The summed E-state index contributed by atoms with van der Waals surface area (Å²) in [6, 6.07) is 14.8. The number of tetrazole rings is 1. The number of halogens is 1. The van der Waals surface area contributed by atoms with Crippen LogP contribution in [0, 0.1) is 0 Å². The smallest absolute Gasteiger partial charge is 0.252 e. The number of hydrogen-bond donors (Lipinski definition) is 2. The molecule has 1 amide bonds. The summed E-state index contributed by atoms with van der Waals surface area (Å²) in [5, 5.41) is 15.0. The Hall–Kier alpha value is -4.57. The number of rotatable bonds is 4. The number of nitrogens with zero attached hydrogens (tertiary/aromatic N) is 6. The molecule has 0 radical (unpaired) electrons. The Balaban J connectivity index is 1.26. The number of carbonyl (C=O) groups is 1. The van der Waals surface area contributed by atoms with E-state index >= 15 is 0 Å². The van der Waals surface area contributed by atoms with Gasteiger partial charge in [-0.1, -0.05) is 29.8 Å². The lowest BCUT2D eigenvalue weighted by molar-refractivity contribution is -0.116. The molecular weight excluding hydrogens is 504 g/mol. The van der Waals surface area contributed by atoms with Crippen LogP contribution in [0.4, 0.5) is 5.69 Å². The minimum Gasteiger partial charge on any atom is -0.340 e. The summed E-state index contributed by atoms with van der Waals surface area (Å²) in [5.74, 6) is 0.727. The molecule has 2 aliphatic heterocycles. The molecule has 2 aliphatic rings. The maximum Gasteiger partial charge on any atom is 0.252 e. The van der Waals surface area contributed by atoms with Crippen molar-refractivity contribution in [3.05, 3.63) is 93.5 Å². The summed E-state index contributed by atoms with van der Waals surface area (Å²) in [6.07, 6.45) is 5.94. The summed E-state index contributed by atoms with van der Waals surface area (Å²) in [5.41, 5.74) is 6.68. The molecule has 7 rings (SSSR count). The number of benzene rings is 2. The molecule has 188 valence electrons. The van der Waals surface area contributed by atoms with Crippen molar-refractivity contribution in [2.45, 2.75) is 31.7 Å². The van der Waals surface area contributed by atoms with Gasteiger partial charge in [-0.05, 0) is 65.1 Å². The summed E-state index contributed by atoms with van der Waals surface area (Å²) >= 11 is 6.31. The van der Waals surface area contributed by atoms with Crippen LogP contribution in [-0.4, -0.2) is 40.6 Å². The first-order valence-corrected chi connectivity index (χ1v) is 12.7. The number of nitrogens with one attached hydrogen (secondary N) is 2. The number of aryl methyl sites for hydroxylation is 2. The van der Waals surface area contributed by atoms with Gasteiger partial charge in [0.25, 0.3) is 5.56 Å². The quantitative estimate of drug-likeness (QED) is 0.367. The number of aromatic nitrogens is 7. The van der Waals surface area contributed by atoms with Gasteiger partial charge in [-0.2, -0.15) is 4.68 Å². The van der Waals surface area contributed by atoms with Crippen molar-refractivity contribution in [2.24, 2.45) is 0 Å². The van der Waals surface area contributed by atoms with E-state index in [1.165, 1.54) is 6.33 Å². The first-order chi connectivity index (χ1) is 18.5. The third-order valence-electron chi connectivity index (χ3n) is 7.24. The first kappa shape index (κ1) is 22.6. The Kier molecular flexibility index (Phi) is 5.22. The third kappa shape index (κ3) is 3.72. The summed E-state index contributed by atoms with van der Waals surface area (Å²) in [7, 11) is 0. The van der Waals surface area contributed by atoms with Crippen molar-refractivity contribution in [1.82, 2.24) is 34.7 Å². The Bertz CT molecular complexity index is 1770. The van der Waals surface area contributed by atoms with E-state index in [-0.39, 0.29) is 17.5 Å². The van der Waals surface area contributed by atoms with Crippen molar-refractivity contribution in [2.75, 3.05) is 5.32 Å². The highest BCUT2D eigenvalue weighted by Crippen LogP contribution is 2.37. The van der Waals surface area contributed by atoms with Gasteiger partial charge in [0, 0.05) is 34.3 Å². The molecule has 5 heterocycles. The van der Waals surface area contributed by atoms with Gasteiger partial charge in [0.05, 0.1) is 29.3 Å². The fraction of sp³-hybridized carbons (Fsp3) is 0.185. The van der Waals surface area contributed by atoms with Gasteiger partial charge in [-0.3, -0.25) is 9.59 Å². The monoisotopic (exact) mass is 524 g/mol. The lowest BCUT2D eigenvalue weighted by Crippen LogP contribution is -2.24. The second-order valence-corrected chi connectivity index (χ2v) is 9.92. The first-order valence-electron chi connectivity index (χ1n) is 12.3. The van der Waals surface area contributed by atoms with Crippen molar-refractivity contribution in [3.8, 4) is 28.1 Å². The Morgan fingerprint density at radius 2 is 1.92 bits per heavy atom. The molecule has 2 N–H and O–H groups in total. The van der Waals surface area contributed by atoms with Crippen LogP contribution in [-0.2, 0) is 17.6 Å². The maximum absolute atomic E-state index is 13.5. The summed E-state index contributed by atoms with van der Waals surface area (Å²) < 4.78 is 3.35. The van der Waals surface area contributed by atoms with Gasteiger partial charge in [0.1, 0.15) is 12.2 Å². The molecule has 0 saturated heterocycles. The molecule has 0 aliphatic carbocycles. The van der Waals surface area contributed by atoms with Crippen LogP contribution in [0.25, 0.3) is 28.1 Å². The van der Waals surface area contributed by atoms with Crippen LogP contribution in [0.15, 0.2) is 65.8 Å². The summed E-state index contributed by atoms with van der Waals surface area (Å²) in [4.78, 5) is 33.6. The highest BCUT2D eigenvalue weighted by molar-refractivity contribution is 6.31. The van der Waals surface area contributed by atoms with E-state index in [2.05, 4.69) is 30.8 Å².